The molecule has 5 unspecified atom stereocenters. The van der Waals surface area contributed by atoms with Gasteiger partial charge in [-0.1, -0.05) is 29.4 Å². The van der Waals surface area contributed by atoms with Gasteiger partial charge in [0.1, 0.15) is 5.76 Å². The predicted molar refractivity (Wildman–Crippen MR) is 122 cm³/mol. The Labute approximate surface area is 190 Å². The van der Waals surface area contributed by atoms with Gasteiger partial charge in [-0.05, 0) is 69.2 Å². The van der Waals surface area contributed by atoms with Crippen LogP contribution in [0.4, 0.5) is 5.82 Å². The van der Waals surface area contributed by atoms with Gasteiger partial charge in [0.25, 0.3) is 0 Å². The number of fused-ring (bicyclic) bond motifs is 2. The minimum atomic E-state index is -0.344. The van der Waals surface area contributed by atoms with Crippen LogP contribution in [0.1, 0.15) is 51.3 Å². The summed E-state index contributed by atoms with van der Waals surface area (Å²) in [5.74, 6) is 4.21. The molecule has 2 fully saturated rings. The van der Waals surface area contributed by atoms with Crippen LogP contribution in [0, 0.1) is 24.7 Å². The topological polar surface area (TPSA) is 85.8 Å². The van der Waals surface area contributed by atoms with Gasteiger partial charge in [0.05, 0.1) is 10.1 Å². The van der Waals surface area contributed by atoms with Crippen molar-refractivity contribution >= 4 is 34.8 Å². The second-order valence-electron chi connectivity index (χ2n) is 8.80. The first kappa shape index (κ1) is 20.8. The SMILES string of the molecule is Cc1cc(NC(=O)C(C)Sc2nnc(-c3cccs3)n2C(C)C2CC3CCC2C3)no1. The predicted octanol–water partition coefficient (Wildman–Crippen LogP) is 5.42. The third-order valence-corrected chi connectivity index (χ3v) is 8.68. The molecule has 31 heavy (non-hydrogen) atoms. The van der Waals surface area contributed by atoms with Crippen LogP contribution in [0.2, 0.25) is 0 Å². The smallest absolute Gasteiger partial charge is 0.238 e. The quantitative estimate of drug-likeness (QED) is 0.477. The summed E-state index contributed by atoms with van der Waals surface area (Å²) in [6.45, 7) is 5.99. The zero-order chi connectivity index (χ0) is 21.5. The van der Waals surface area contributed by atoms with Gasteiger partial charge in [0.15, 0.2) is 16.8 Å². The maximum absolute atomic E-state index is 12.7. The third kappa shape index (κ3) is 4.05. The molecule has 0 radical (unpaired) electrons. The molecule has 0 spiro atoms. The lowest BCUT2D eigenvalue weighted by Crippen LogP contribution is -2.25. The molecule has 2 aliphatic rings. The van der Waals surface area contributed by atoms with Crippen molar-refractivity contribution < 1.29 is 9.32 Å². The van der Waals surface area contributed by atoms with E-state index in [4.69, 9.17) is 4.52 Å². The van der Waals surface area contributed by atoms with Crippen molar-refractivity contribution in [1.82, 2.24) is 19.9 Å². The van der Waals surface area contributed by atoms with Crippen LogP contribution < -0.4 is 5.32 Å². The highest BCUT2D eigenvalue weighted by Crippen LogP contribution is 2.53. The Kier molecular flexibility index (Phi) is 5.64. The second-order valence-corrected chi connectivity index (χ2v) is 11.1. The highest BCUT2D eigenvalue weighted by atomic mass is 32.2. The van der Waals surface area contributed by atoms with Gasteiger partial charge in [-0.2, -0.15) is 0 Å². The van der Waals surface area contributed by atoms with E-state index in [0.717, 1.165) is 27.7 Å². The monoisotopic (exact) mass is 457 g/mol. The molecule has 164 valence electrons. The van der Waals surface area contributed by atoms with Crippen molar-refractivity contribution in [1.29, 1.82) is 0 Å². The Morgan fingerprint density at radius 2 is 2.19 bits per heavy atom. The first-order valence-corrected chi connectivity index (χ1v) is 12.6. The summed E-state index contributed by atoms with van der Waals surface area (Å²) in [4.78, 5) is 13.8. The number of amides is 1. The van der Waals surface area contributed by atoms with E-state index in [1.165, 1.54) is 37.4 Å². The lowest BCUT2D eigenvalue weighted by Gasteiger charge is -2.30. The molecule has 0 aromatic carbocycles. The van der Waals surface area contributed by atoms with Crippen LogP contribution in [-0.2, 0) is 4.79 Å². The maximum Gasteiger partial charge on any atom is 0.238 e. The van der Waals surface area contributed by atoms with Gasteiger partial charge >= 0.3 is 0 Å². The molecule has 7 nitrogen and oxygen atoms in total. The normalized spacial score (nSPS) is 24.4. The Balaban J connectivity index is 1.39. The lowest BCUT2D eigenvalue weighted by atomic mass is 9.84. The highest BCUT2D eigenvalue weighted by molar-refractivity contribution is 8.00. The Morgan fingerprint density at radius 1 is 1.32 bits per heavy atom. The van der Waals surface area contributed by atoms with Gasteiger partial charge in [0, 0.05) is 12.1 Å². The highest BCUT2D eigenvalue weighted by Gasteiger charge is 2.43. The molecule has 1 N–H and O–H groups in total. The number of rotatable bonds is 7. The van der Waals surface area contributed by atoms with Crippen LogP contribution in [0.15, 0.2) is 33.3 Å². The minimum absolute atomic E-state index is 0.127. The lowest BCUT2D eigenvalue weighted by molar-refractivity contribution is -0.115. The summed E-state index contributed by atoms with van der Waals surface area (Å²) < 4.78 is 7.33. The van der Waals surface area contributed by atoms with Crippen molar-refractivity contribution in [3.05, 3.63) is 29.3 Å². The largest absolute Gasteiger partial charge is 0.360 e. The minimum Gasteiger partial charge on any atom is -0.360 e. The first-order chi connectivity index (χ1) is 15.0. The fourth-order valence-corrected chi connectivity index (χ4v) is 6.88. The number of aryl methyl sites for hydroxylation is 1. The van der Waals surface area contributed by atoms with E-state index in [1.54, 1.807) is 24.3 Å². The average molecular weight is 458 g/mol. The summed E-state index contributed by atoms with van der Waals surface area (Å²) in [6.07, 6.45) is 5.38. The second kappa shape index (κ2) is 8.43. The zero-order valence-electron chi connectivity index (χ0n) is 17.9. The Morgan fingerprint density at radius 3 is 2.84 bits per heavy atom. The van der Waals surface area contributed by atoms with Crippen molar-refractivity contribution in [3.8, 4) is 10.7 Å². The van der Waals surface area contributed by atoms with E-state index < -0.39 is 0 Å². The van der Waals surface area contributed by atoms with Gasteiger partial charge < -0.3 is 9.84 Å². The molecule has 3 aromatic heterocycles. The number of nitrogens with zero attached hydrogens (tertiary/aromatic N) is 4. The summed E-state index contributed by atoms with van der Waals surface area (Å²) in [5, 5.41) is 18.3. The number of thioether (sulfide) groups is 1. The van der Waals surface area contributed by atoms with E-state index >= 15 is 0 Å². The number of hydrogen-bond donors (Lipinski definition) is 1. The molecule has 0 aliphatic heterocycles. The Hall–Kier alpha value is -2.13. The molecule has 2 aliphatic carbocycles. The van der Waals surface area contributed by atoms with Crippen molar-refractivity contribution in [2.24, 2.45) is 17.8 Å². The fourth-order valence-electron chi connectivity index (χ4n) is 5.24. The summed E-state index contributed by atoms with van der Waals surface area (Å²) in [5.41, 5.74) is 0. The number of anilines is 1. The molecule has 1 amide bonds. The number of aromatic nitrogens is 4. The van der Waals surface area contributed by atoms with Crippen LogP contribution >= 0.6 is 23.1 Å². The molecular formula is C22H27N5O2S2. The number of hydrogen-bond acceptors (Lipinski definition) is 7. The first-order valence-electron chi connectivity index (χ1n) is 10.9. The van der Waals surface area contributed by atoms with Crippen LogP contribution in [0.25, 0.3) is 10.7 Å². The molecule has 5 atom stereocenters. The van der Waals surface area contributed by atoms with E-state index in [2.05, 4.69) is 43.6 Å². The van der Waals surface area contributed by atoms with Gasteiger partial charge in [-0.3, -0.25) is 9.36 Å². The molecule has 0 saturated heterocycles. The average Bonchev–Trinajstić information content (AvgIpc) is 3.55. The zero-order valence-corrected chi connectivity index (χ0v) is 19.6. The van der Waals surface area contributed by atoms with Crippen LogP contribution in [-0.4, -0.2) is 31.1 Å². The molecular weight excluding hydrogens is 430 g/mol. The number of nitrogens with one attached hydrogen (secondary N) is 1. The standard InChI is InChI=1S/C22H27N5O2S2/c1-12-9-19(26-29-12)23-21(28)14(3)31-22-25-24-20(18-5-4-8-30-18)27(22)13(2)17-11-15-6-7-16(17)10-15/h4-5,8-9,13-17H,6-7,10-11H2,1-3H3,(H,23,26,28). The number of thiophene rings is 1. The third-order valence-electron chi connectivity index (χ3n) is 6.76. The molecule has 3 heterocycles. The van der Waals surface area contributed by atoms with Crippen molar-refractivity contribution in [2.75, 3.05) is 5.32 Å². The molecule has 2 bridgehead atoms. The van der Waals surface area contributed by atoms with Crippen LogP contribution in [0.5, 0.6) is 0 Å². The molecule has 5 rings (SSSR count). The van der Waals surface area contributed by atoms with Gasteiger partial charge in [-0.15, -0.1) is 21.5 Å². The number of carbonyl (C=O) groups excluding carboxylic acids is 1. The van der Waals surface area contributed by atoms with Crippen molar-refractivity contribution in [2.45, 2.75) is 62.9 Å². The molecule has 2 saturated carbocycles. The van der Waals surface area contributed by atoms with E-state index in [1.807, 2.05) is 13.0 Å². The van der Waals surface area contributed by atoms with E-state index in [-0.39, 0.29) is 11.2 Å². The Bertz CT molecular complexity index is 1060. The number of carbonyl (C=O) groups is 1. The van der Waals surface area contributed by atoms with E-state index in [9.17, 15) is 4.79 Å². The van der Waals surface area contributed by atoms with E-state index in [0.29, 0.717) is 23.5 Å². The summed E-state index contributed by atoms with van der Waals surface area (Å²) in [7, 11) is 0. The summed E-state index contributed by atoms with van der Waals surface area (Å²) in [6, 6.07) is 6.16. The molecule has 9 heteroatoms. The van der Waals surface area contributed by atoms with Crippen molar-refractivity contribution in [3.63, 3.8) is 0 Å². The maximum atomic E-state index is 12.7. The van der Waals surface area contributed by atoms with Gasteiger partial charge in [-0.25, -0.2) is 0 Å². The fraction of sp³-hybridized carbons (Fsp3) is 0.545. The molecule has 3 aromatic rings. The van der Waals surface area contributed by atoms with Crippen LogP contribution in [0.3, 0.4) is 0 Å². The van der Waals surface area contributed by atoms with Gasteiger partial charge in [0.2, 0.25) is 5.91 Å². The summed E-state index contributed by atoms with van der Waals surface area (Å²) >= 11 is 3.13.